The van der Waals surface area contributed by atoms with Gasteiger partial charge in [0.2, 0.25) is 0 Å². The van der Waals surface area contributed by atoms with Gasteiger partial charge in [0.25, 0.3) is 0 Å². The summed E-state index contributed by atoms with van der Waals surface area (Å²) in [6, 6.07) is 11.9. The van der Waals surface area contributed by atoms with Crippen molar-refractivity contribution >= 4 is 34.8 Å². The van der Waals surface area contributed by atoms with Gasteiger partial charge >= 0.3 is 0 Å². The molecule has 0 spiro atoms. The molecular formula is C18H19Cl3. The Hall–Kier alpha value is -0.690. The molecule has 0 saturated carbocycles. The molecule has 1 atom stereocenters. The Labute approximate surface area is 142 Å². The van der Waals surface area contributed by atoms with Crippen molar-refractivity contribution in [3.8, 4) is 0 Å². The van der Waals surface area contributed by atoms with Gasteiger partial charge in [-0.3, -0.25) is 0 Å². The lowest BCUT2D eigenvalue weighted by Crippen LogP contribution is -2.02. The monoisotopic (exact) mass is 340 g/mol. The number of hydrogen-bond donors (Lipinski definition) is 0. The van der Waals surface area contributed by atoms with Gasteiger partial charge in [-0.15, -0.1) is 0 Å². The normalized spacial score (nSPS) is 12.7. The quantitative estimate of drug-likeness (QED) is 0.555. The predicted octanol–water partition coefficient (Wildman–Crippen LogP) is 7.12. The van der Waals surface area contributed by atoms with Gasteiger partial charge in [0.1, 0.15) is 0 Å². The van der Waals surface area contributed by atoms with E-state index >= 15 is 0 Å². The lowest BCUT2D eigenvalue weighted by atomic mass is 9.91. The van der Waals surface area contributed by atoms with Crippen LogP contribution in [0.2, 0.25) is 15.1 Å². The molecule has 0 amide bonds. The Balaban J connectivity index is 2.27. The third-order valence-electron chi connectivity index (χ3n) is 3.75. The molecule has 3 heteroatoms. The van der Waals surface area contributed by atoms with Crippen molar-refractivity contribution in [2.45, 2.75) is 39.0 Å². The van der Waals surface area contributed by atoms with Crippen molar-refractivity contribution < 1.29 is 0 Å². The summed E-state index contributed by atoms with van der Waals surface area (Å²) >= 11 is 18.8. The summed E-state index contributed by atoms with van der Waals surface area (Å²) in [5.74, 6) is 0.710. The zero-order chi connectivity index (χ0) is 15.6. The van der Waals surface area contributed by atoms with E-state index in [2.05, 4.69) is 39.0 Å². The molecule has 0 aliphatic heterocycles. The van der Waals surface area contributed by atoms with E-state index < -0.39 is 0 Å². The van der Waals surface area contributed by atoms with E-state index in [1.807, 2.05) is 12.1 Å². The summed E-state index contributed by atoms with van der Waals surface area (Å²) in [6.07, 6.45) is 0.862. The highest BCUT2D eigenvalue weighted by atomic mass is 35.5. The molecule has 2 rings (SSSR count). The van der Waals surface area contributed by atoms with Crippen LogP contribution in [0.3, 0.4) is 0 Å². The van der Waals surface area contributed by atoms with Gasteiger partial charge < -0.3 is 0 Å². The molecule has 0 nitrogen and oxygen atoms in total. The summed E-state index contributed by atoms with van der Waals surface area (Å²) in [5, 5.41) is 2.26. The maximum atomic E-state index is 6.55. The van der Waals surface area contributed by atoms with E-state index in [9.17, 15) is 0 Å². The summed E-state index contributed by atoms with van der Waals surface area (Å²) in [6.45, 7) is 6.47. The number of rotatable bonds is 4. The highest BCUT2D eigenvalue weighted by Gasteiger charge is 2.15. The number of benzene rings is 2. The first-order chi connectivity index (χ1) is 9.90. The standard InChI is InChI=1S/C18H19Cl3/c1-11(2)15-6-4-5-13(18(15)21)9-12(3)16-8-7-14(19)10-17(16)20/h4-8,10-12H,9H2,1-3H3. The van der Waals surface area contributed by atoms with E-state index in [1.165, 1.54) is 11.1 Å². The lowest BCUT2D eigenvalue weighted by molar-refractivity contribution is 0.755. The Kier molecular flexibility index (Phi) is 5.60. The molecule has 0 bridgehead atoms. The molecule has 2 aromatic carbocycles. The second-order valence-electron chi connectivity index (χ2n) is 5.75. The van der Waals surface area contributed by atoms with Gasteiger partial charge in [-0.2, -0.15) is 0 Å². The minimum atomic E-state index is 0.287. The maximum Gasteiger partial charge on any atom is 0.0472 e. The van der Waals surface area contributed by atoms with E-state index in [4.69, 9.17) is 34.8 Å². The molecule has 0 aliphatic carbocycles. The van der Waals surface area contributed by atoms with Gasteiger partial charge in [0, 0.05) is 15.1 Å². The van der Waals surface area contributed by atoms with Crippen molar-refractivity contribution in [1.82, 2.24) is 0 Å². The average molecular weight is 342 g/mol. The largest absolute Gasteiger partial charge is 0.0843 e. The fraction of sp³-hybridized carbons (Fsp3) is 0.333. The van der Waals surface area contributed by atoms with Gasteiger partial charge in [-0.1, -0.05) is 79.8 Å². The van der Waals surface area contributed by atoms with Crippen molar-refractivity contribution in [2.24, 2.45) is 0 Å². The maximum absolute atomic E-state index is 6.55. The van der Waals surface area contributed by atoms with Crippen LogP contribution in [0.15, 0.2) is 36.4 Å². The first-order valence-corrected chi connectivity index (χ1v) is 8.25. The van der Waals surface area contributed by atoms with Gasteiger partial charge in [0.05, 0.1) is 0 Å². The zero-order valence-corrected chi connectivity index (χ0v) is 14.7. The number of hydrogen-bond acceptors (Lipinski definition) is 0. The lowest BCUT2D eigenvalue weighted by Gasteiger charge is -2.17. The Bertz CT molecular complexity index is 632. The highest BCUT2D eigenvalue weighted by Crippen LogP contribution is 2.33. The van der Waals surface area contributed by atoms with Gasteiger partial charge in [0.15, 0.2) is 0 Å². The highest BCUT2D eigenvalue weighted by molar-refractivity contribution is 6.35. The Morgan fingerprint density at radius 1 is 0.905 bits per heavy atom. The van der Waals surface area contributed by atoms with Crippen molar-refractivity contribution in [3.05, 3.63) is 68.2 Å². The second-order valence-corrected chi connectivity index (χ2v) is 6.97. The molecule has 21 heavy (non-hydrogen) atoms. The zero-order valence-electron chi connectivity index (χ0n) is 12.5. The second kappa shape index (κ2) is 7.05. The third kappa shape index (κ3) is 3.94. The molecule has 0 fully saturated rings. The summed E-state index contributed by atoms with van der Waals surface area (Å²) in [5.41, 5.74) is 3.47. The van der Waals surface area contributed by atoms with Gasteiger partial charge in [-0.05, 0) is 47.1 Å². The topological polar surface area (TPSA) is 0 Å². The first kappa shape index (κ1) is 16.7. The summed E-state index contributed by atoms with van der Waals surface area (Å²) < 4.78 is 0. The van der Waals surface area contributed by atoms with Crippen LogP contribution < -0.4 is 0 Å². The fourth-order valence-electron chi connectivity index (χ4n) is 2.54. The molecule has 1 unspecified atom stereocenters. The van der Waals surface area contributed by atoms with Crippen molar-refractivity contribution in [2.75, 3.05) is 0 Å². The minimum absolute atomic E-state index is 0.287. The predicted molar refractivity (Wildman–Crippen MR) is 94.1 cm³/mol. The van der Waals surface area contributed by atoms with Crippen LogP contribution in [0.5, 0.6) is 0 Å². The van der Waals surface area contributed by atoms with E-state index in [1.54, 1.807) is 6.07 Å². The van der Waals surface area contributed by atoms with Crippen LogP contribution in [0.4, 0.5) is 0 Å². The smallest absolute Gasteiger partial charge is 0.0472 e. The van der Waals surface area contributed by atoms with Crippen molar-refractivity contribution in [3.63, 3.8) is 0 Å². The third-order valence-corrected chi connectivity index (χ3v) is 4.77. The van der Waals surface area contributed by atoms with Crippen LogP contribution in [-0.4, -0.2) is 0 Å². The van der Waals surface area contributed by atoms with E-state index in [0.29, 0.717) is 16.0 Å². The minimum Gasteiger partial charge on any atom is -0.0843 e. The molecular weight excluding hydrogens is 323 g/mol. The molecule has 0 aromatic heterocycles. The molecule has 0 saturated heterocycles. The Morgan fingerprint density at radius 3 is 2.24 bits per heavy atom. The molecule has 0 aliphatic rings. The van der Waals surface area contributed by atoms with E-state index in [0.717, 1.165) is 17.0 Å². The van der Waals surface area contributed by atoms with Crippen LogP contribution in [-0.2, 0) is 6.42 Å². The SMILES string of the molecule is CC(C)c1cccc(CC(C)c2ccc(Cl)cc2Cl)c1Cl. The van der Waals surface area contributed by atoms with Crippen LogP contribution in [0, 0.1) is 0 Å². The molecule has 0 radical (unpaired) electrons. The van der Waals surface area contributed by atoms with Crippen LogP contribution in [0.25, 0.3) is 0 Å². The average Bonchev–Trinajstić information content (AvgIpc) is 2.40. The Morgan fingerprint density at radius 2 is 1.62 bits per heavy atom. The molecule has 112 valence electrons. The van der Waals surface area contributed by atoms with Crippen LogP contribution >= 0.6 is 34.8 Å². The molecule has 2 aromatic rings. The number of halogens is 3. The van der Waals surface area contributed by atoms with Gasteiger partial charge in [-0.25, -0.2) is 0 Å². The van der Waals surface area contributed by atoms with E-state index in [-0.39, 0.29) is 5.92 Å². The fourth-order valence-corrected chi connectivity index (χ4v) is 3.56. The molecule has 0 heterocycles. The van der Waals surface area contributed by atoms with Crippen LogP contribution in [0.1, 0.15) is 49.3 Å². The molecule has 0 N–H and O–H groups in total. The summed E-state index contributed by atoms with van der Waals surface area (Å²) in [7, 11) is 0. The summed E-state index contributed by atoms with van der Waals surface area (Å²) in [4.78, 5) is 0. The first-order valence-electron chi connectivity index (χ1n) is 7.12. The van der Waals surface area contributed by atoms with Crippen molar-refractivity contribution in [1.29, 1.82) is 0 Å².